The van der Waals surface area contributed by atoms with Gasteiger partial charge in [0, 0.05) is 32.5 Å². The van der Waals surface area contributed by atoms with Gasteiger partial charge in [-0.2, -0.15) is 0 Å². The Morgan fingerprint density at radius 3 is 2.60 bits per heavy atom. The number of carbonyl (C=O) groups excluding carboxylic acids is 1. The third-order valence-electron chi connectivity index (χ3n) is 4.89. The molecule has 5 heteroatoms. The monoisotopic (exact) mass is 335 g/mol. The van der Waals surface area contributed by atoms with Crippen LogP contribution in [0.5, 0.6) is 5.75 Å². The Morgan fingerprint density at radius 2 is 1.92 bits per heavy atom. The summed E-state index contributed by atoms with van der Waals surface area (Å²) in [6.07, 6.45) is 0.530. The summed E-state index contributed by atoms with van der Waals surface area (Å²) in [7, 11) is 3.53. The molecule has 2 heterocycles. The van der Waals surface area contributed by atoms with E-state index in [1.54, 1.807) is 12.0 Å². The lowest BCUT2D eigenvalue weighted by molar-refractivity contribution is -0.126. The lowest BCUT2D eigenvalue weighted by atomic mass is 10.1. The second kappa shape index (κ2) is 6.24. The Hall–Kier alpha value is -2.82. The lowest BCUT2D eigenvalue weighted by Gasteiger charge is -2.14. The summed E-state index contributed by atoms with van der Waals surface area (Å²) in [4.78, 5) is 18.6. The van der Waals surface area contributed by atoms with Crippen molar-refractivity contribution in [1.82, 2.24) is 14.5 Å². The number of hydrogen-bond acceptors (Lipinski definition) is 3. The van der Waals surface area contributed by atoms with Gasteiger partial charge in [-0.3, -0.25) is 4.79 Å². The Kier molecular flexibility index (Phi) is 3.92. The van der Waals surface area contributed by atoms with Crippen LogP contribution in [0.1, 0.15) is 23.7 Å². The van der Waals surface area contributed by atoms with Crippen molar-refractivity contribution in [3.05, 3.63) is 59.9 Å². The highest BCUT2D eigenvalue weighted by Gasteiger charge is 2.31. The van der Waals surface area contributed by atoms with Crippen molar-refractivity contribution < 1.29 is 9.53 Å². The third-order valence-corrected chi connectivity index (χ3v) is 4.89. The molecule has 0 unspecified atom stereocenters. The van der Waals surface area contributed by atoms with Crippen LogP contribution in [0, 0.1) is 0 Å². The molecule has 1 atom stereocenters. The standard InChI is InChI=1S/C20H21N3O2/c1-22-13-15(11-19(22)24)20-21-17-5-3-4-6-18(17)23(20)12-14-7-9-16(25-2)10-8-14/h3-10,15H,11-13H2,1-2H3/t15-/m0/s1. The first-order valence-electron chi connectivity index (χ1n) is 8.48. The predicted octanol–water partition coefficient (Wildman–Crippen LogP) is 3.04. The molecule has 5 nitrogen and oxygen atoms in total. The first-order valence-corrected chi connectivity index (χ1v) is 8.48. The summed E-state index contributed by atoms with van der Waals surface area (Å²) in [6, 6.07) is 16.3. The van der Waals surface area contributed by atoms with Crippen LogP contribution in [-0.4, -0.2) is 41.1 Å². The number of rotatable bonds is 4. The summed E-state index contributed by atoms with van der Waals surface area (Å²) >= 11 is 0. The van der Waals surface area contributed by atoms with E-state index in [1.807, 2.05) is 37.4 Å². The van der Waals surface area contributed by atoms with Crippen LogP contribution in [0.4, 0.5) is 0 Å². The summed E-state index contributed by atoms with van der Waals surface area (Å²) in [6.45, 7) is 1.46. The summed E-state index contributed by atoms with van der Waals surface area (Å²) in [5.41, 5.74) is 3.27. The van der Waals surface area contributed by atoms with Gasteiger partial charge in [-0.25, -0.2) is 4.98 Å². The first-order chi connectivity index (χ1) is 12.2. The second-order valence-electron chi connectivity index (χ2n) is 6.57. The Morgan fingerprint density at radius 1 is 1.16 bits per heavy atom. The number of methoxy groups -OCH3 is 1. The molecule has 0 bridgehead atoms. The van der Waals surface area contributed by atoms with Crippen LogP contribution in [0.2, 0.25) is 0 Å². The van der Waals surface area contributed by atoms with Gasteiger partial charge >= 0.3 is 0 Å². The van der Waals surface area contributed by atoms with E-state index < -0.39 is 0 Å². The largest absolute Gasteiger partial charge is 0.497 e. The van der Waals surface area contributed by atoms with Crippen LogP contribution >= 0.6 is 0 Å². The molecule has 0 aliphatic carbocycles. The zero-order chi connectivity index (χ0) is 17.4. The number of carbonyl (C=O) groups is 1. The van der Waals surface area contributed by atoms with E-state index in [-0.39, 0.29) is 11.8 Å². The fourth-order valence-corrected chi connectivity index (χ4v) is 3.52. The van der Waals surface area contributed by atoms with Gasteiger partial charge in [-0.05, 0) is 29.8 Å². The average molecular weight is 335 g/mol. The smallest absolute Gasteiger partial charge is 0.223 e. The van der Waals surface area contributed by atoms with Crippen LogP contribution < -0.4 is 4.74 Å². The predicted molar refractivity (Wildman–Crippen MR) is 96.8 cm³/mol. The van der Waals surface area contributed by atoms with Gasteiger partial charge in [0.2, 0.25) is 5.91 Å². The number of fused-ring (bicyclic) bond motifs is 1. The Bertz CT molecular complexity index is 914. The number of ether oxygens (including phenoxy) is 1. The Labute approximate surface area is 146 Å². The minimum atomic E-state index is 0.142. The topological polar surface area (TPSA) is 47.4 Å². The number of likely N-dealkylation sites (N-methyl/N-ethyl adjacent to an activating group) is 1. The highest BCUT2D eigenvalue weighted by Crippen LogP contribution is 2.30. The normalized spacial score (nSPS) is 17.4. The number of benzene rings is 2. The van der Waals surface area contributed by atoms with Crippen molar-refractivity contribution in [2.24, 2.45) is 0 Å². The number of hydrogen-bond donors (Lipinski definition) is 0. The van der Waals surface area contributed by atoms with E-state index in [1.165, 1.54) is 5.56 Å². The fourth-order valence-electron chi connectivity index (χ4n) is 3.52. The summed E-state index contributed by atoms with van der Waals surface area (Å²) < 4.78 is 7.49. The molecule has 1 saturated heterocycles. The molecule has 1 aromatic heterocycles. The highest BCUT2D eigenvalue weighted by molar-refractivity contribution is 5.80. The maximum absolute atomic E-state index is 12.0. The summed E-state index contributed by atoms with van der Waals surface area (Å²) in [5.74, 6) is 2.17. The van der Waals surface area contributed by atoms with Crippen LogP contribution in [-0.2, 0) is 11.3 Å². The maximum atomic E-state index is 12.0. The first kappa shape index (κ1) is 15.7. The minimum Gasteiger partial charge on any atom is -0.497 e. The number of para-hydroxylation sites is 2. The van der Waals surface area contributed by atoms with Crippen molar-refractivity contribution in [3.63, 3.8) is 0 Å². The van der Waals surface area contributed by atoms with Crippen LogP contribution in [0.15, 0.2) is 48.5 Å². The quantitative estimate of drug-likeness (QED) is 0.736. The number of nitrogens with zero attached hydrogens (tertiary/aromatic N) is 3. The summed E-state index contributed by atoms with van der Waals surface area (Å²) in [5, 5.41) is 0. The van der Waals surface area contributed by atoms with E-state index in [4.69, 9.17) is 9.72 Å². The van der Waals surface area contributed by atoms with E-state index in [0.29, 0.717) is 6.42 Å². The Balaban J connectivity index is 1.75. The maximum Gasteiger partial charge on any atom is 0.223 e. The van der Waals surface area contributed by atoms with E-state index >= 15 is 0 Å². The molecule has 0 N–H and O–H groups in total. The molecule has 2 aromatic carbocycles. The van der Waals surface area contributed by atoms with Crippen molar-refractivity contribution in [2.75, 3.05) is 20.7 Å². The van der Waals surface area contributed by atoms with Gasteiger partial charge in [0.15, 0.2) is 0 Å². The molecule has 4 rings (SSSR count). The lowest BCUT2D eigenvalue weighted by Crippen LogP contribution is -2.19. The minimum absolute atomic E-state index is 0.142. The van der Waals surface area contributed by atoms with E-state index in [9.17, 15) is 4.79 Å². The zero-order valence-electron chi connectivity index (χ0n) is 14.5. The zero-order valence-corrected chi connectivity index (χ0v) is 14.5. The van der Waals surface area contributed by atoms with Gasteiger partial charge in [0.25, 0.3) is 0 Å². The molecule has 1 fully saturated rings. The third kappa shape index (κ3) is 2.86. The van der Waals surface area contributed by atoms with Crippen molar-refractivity contribution >= 4 is 16.9 Å². The molecule has 1 amide bonds. The fraction of sp³-hybridized carbons (Fsp3) is 0.300. The molecule has 0 saturated carbocycles. The second-order valence-corrected chi connectivity index (χ2v) is 6.57. The van der Waals surface area contributed by atoms with E-state index in [0.717, 1.165) is 35.7 Å². The highest BCUT2D eigenvalue weighted by atomic mass is 16.5. The number of amides is 1. The van der Waals surface area contributed by atoms with Gasteiger partial charge in [-0.15, -0.1) is 0 Å². The van der Waals surface area contributed by atoms with Gasteiger partial charge in [0.05, 0.1) is 18.1 Å². The molecule has 1 aliphatic heterocycles. The average Bonchev–Trinajstić information content (AvgIpc) is 3.16. The van der Waals surface area contributed by atoms with Gasteiger partial charge < -0.3 is 14.2 Å². The van der Waals surface area contributed by atoms with Crippen molar-refractivity contribution in [2.45, 2.75) is 18.9 Å². The number of aromatic nitrogens is 2. The van der Waals surface area contributed by atoms with E-state index in [2.05, 4.69) is 22.8 Å². The molecular formula is C20H21N3O2. The van der Waals surface area contributed by atoms with Crippen molar-refractivity contribution in [3.8, 4) is 5.75 Å². The molecule has 0 spiro atoms. The number of likely N-dealkylation sites (tertiary alicyclic amines) is 1. The molecule has 128 valence electrons. The molecule has 0 radical (unpaired) electrons. The van der Waals surface area contributed by atoms with Crippen molar-refractivity contribution in [1.29, 1.82) is 0 Å². The SMILES string of the molecule is COc1ccc(Cn2c([C@H]3CC(=O)N(C)C3)nc3ccccc32)cc1. The number of imidazole rings is 1. The van der Waals surface area contributed by atoms with Crippen LogP contribution in [0.3, 0.4) is 0 Å². The molecule has 1 aliphatic rings. The molecule has 3 aromatic rings. The van der Waals surface area contributed by atoms with Crippen LogP contribution in [0.25, 0.3) is 11.0 Å². The van der Waals surface area contributed by atoms with Gasteiger partial charge in [-0.1, -0.05) is 24.3 Å². The van der Waals surface area contributed by atoms with Gasteiger partial charge in [0.1, 0.15) is 11.6 Å². The molecular weight excluding hydrogens is 314 g/mol. The molecule has 25 heavy (non-hydrogen) atoms.